The molecule has 0 spiro atoms. The van der Waals surface area contributed by atoms with Gasteiger partial charge in [0.1, 0.15) is 17.2 Å². The molecular weight excluding hydrogens is 326 g/mol. The van der Waals surface area contributed by atoms with Crippen LogP contribution in [0.4, 0.5) is 17.1 Å². The highest BCUT2D eigenvalue weighted by Gasteiger charge is 2.15. The van der Waals surface area contributed by atoms with Crippen molar-refractivity contribution in [2.24, 2.45) is 0 Å². The summed E-state index contributed by atoms with van der Waals surface area (Å²) in [6.45, 7) is 2.08. The molecule has 0 aliphatic rings. The van der Waals surface area contributed by atoms with E-state index in [-0.39, 0.29) is 0 Å². The number of hydrogen-bond donors (Lipinski definition) is 0. The van der Waals surface area contributed by atoms with Crippen molar-refractivity contribution >= 4 is 17.1 Å². The number of hydrogen-bond acceptors (Lipinski definition) is 4. The Morgan fingerprint density at radius 2 is 1.00 bits per heavy atom. The molecule has 0 bridgehead atoms. The Bertz CT molecular complexity index is 810. The van der Waals surface area contributed by atoms with Gasteiger partial charge < -0.3 is 19.1 Å². The van der Waals surface area contributed by atoms with Crippen molar-refractivity contribution in [1.29, 1.82) is 0 Å². The highest BCUT2D eigenvalue weighted by atomic mass is 16.5. The summed E-state index contributed by atoms with van der Waals surface area (Å²) in [4.78, 5) is 2.20. The van der Waals surface area contributed by atoms with E-state index in [1.165, 1.54) is 0 Å². The number of ether oxygens (including phenoxy) is 3. The van der Waals surface area contributed by atoms with Crippen LogP contribution >= 0.6 is 0 Å². The lowest BCUT2D eigenvalue weighted by Gasteiger charge is -2.27. The number of anilines is 3. The smallest absolute Gasteiger partial charge is 0.119 e. The van der Waals surface area contributed by atoms with E-state index < -0.39 is 0 Å². The zero-order chi connectivity index (χ0) is 18.5. The summed E-state index contributed by atoms with van der Waals surface area (Å²) >= 11 is 0. The van der Waals surface area contributed by atoms with Crippen molar-refractivity contribution in [3.63, 3.8) is 0 Å². The van der Waals surface area contributed by atoms with E-state index in [2.05, 4.69) is 17.9 Å². The van der Waals surface area contributed by atoms with Crippen molar-refractivity contribution < 1.29 is 14.2 Å². The zero-order valence-corrected chi connectivity index (χ0v) is 15.5. The van der Waals surface area contributed by atoms with Crippen LogP contribution < -0.4 is 19.1 Å². The zero-order valence-electron chi connectivity index (χ0n) is 15.5. The van der Waals surface area contributed by atoms with Crippen LogP contribution in [0.15, 0.2) is 66.7 Å². The van der Waals surface area contributed by atoms with Gasteiger partial charge in [-0.25, -0.2) is 0 Å². The minimum absolute atomic E-state index is 0.829. The fourth-order valence-electron chi connectivity index (χ4n) is 2.90. The third-order valence-corrected chi connectivity index (χ3v) is 4.31. The molecule has 3 aromatic carbocycles. The number of benzene rings is 3. The van der Waals surface area contributed by atoms with E-state index >= 15 is 0 Å². The van der Waals surface area contributed by atoms with Crippen molar-refractivity contribution in [3.8, 4) is 17.2 Å². The number of nitrogens with zero attached hydrogens (tertiary/aromatic N) is 1. The highest BCUT2D eigenvalue weighted by molar-refractivity contribution is 5.79. The van der Waals surface area contributed by atoms with Crippen molar-refractivity contribution in [1.82, 2.24) is 0 Å². The summed E-state index contributed by atoms with van der Waals surface area (Å²) in [5.74, 6) is 2.50. The maximum absolute atomic E-state index is 5.35. The third kappa shape index (κ3) is 3.59. The van der Waals surface area contributed by atoms with Gasteiger partial charge in [-0.05, 0) is 79.2 Å². The quantitative estimate of drug-likeness (QED) is 0.589. The molecule has 0 saturated heterocycles. The molecule has 0 radical (unpaired) electrons. The fraction of sp³-hybridized carbons (Fsp3) is 0.182. The first-order chi connectivity index (χ1) is 12.7. The summed E-state index contributed by atoms with van der Waals surface area (Å²) < 4.78 is 15.9. The average Bonchev–Trinajstić information content (AvgIpc) is 2.70. The van der Waals surface area contributed by atoms with Crippen LogP contribution in [0.5, 0.6) is 17.2 Å². The third-order valence-electron chi connectivity index (χ3n) is 4.31. The first-order valence-electron chi connectivity index (χ1n) is 8.39. The molecule has 26 heavy (non-hydrogen) atoms. The SMILES string of the molecule is COc1ccc(N(c2ccc(OC)cc2)c2ccc(OC)cc2C)cc1. The topological polar surface area (TPSA) is 30.9 Å². The monoisotopic (exact) mass is 349 g/mol. The van der Waals surface area contributed by atoms with Gasteiger partial charge in [-0.15, -0.1) is 0 Å². The van der Waals surface area contributed by atoms with Crippen LogP contribution in [0, 0.1) is 6.92 Å². The van der Waals surface area contributed by atoms with Gasteiger partial charge in [-0.2, -0.15) is 0 Å². The van der Waals surface area contributed by atoms with Gasteiger partial charge in [-0.1, -0.05) is 0 Å². The Balaban J connectivity index is 2.11. The van der Waals surface area contributed by atoms with E-state index in [0.29, 0.717) is 0 Å². The summed E-state index contributed by atoms with van der Waals surface area (Å²) in [6.07, 6.45) is 0. The van der Waals surface area contributed by atoms with Crippen molar-refractivity contribution in [2.75, 3.05) is 26.2 Å². The first kappa shape index (κ1) is 17.7. The summed E-state index contributed by atoms with van der Waals surface area (Å²) in [5, 5.41) is 0. The van der Waals surface area contributed by atoms with Gasteiger partial charge in [0.25, 0.3) is 0 Å². The maximum Gasteiger partial charge on any atom is 0.119 e. The predicted octanol–water partition coefficient (Wildman–Crippen LogP) is 5.49. The molecule has 4 heteroatoms. The van der Waals surface area contributed by atoms with E-state index in [0.717, 1.165) is 39.9 Å². The molecule has 3 aromatic rings. The summed E-state index contributed by atoms with van der Waals surface area (Å²) in [6, 6.07) is 22.1. The minimum Gasteiger partial charge on any atom is -0.497 e. The van der Waals surface area contributed by atoms with Gasteiger partial charge in [-0.3, -0.25) is 0 Å². The molecule has 0 aromatic heterocycles. The highest BCUT2D eigenvalue weighted by Crippen LogP contribution is 2.38. The van der Waals surface area contributed by atoms with Gasteiger partial charge in [0, 0.05) is 17.1 Å². The van der Waals surface area contributed by atoms with Gasteiger partial charge in [0.15, 0.2) is 0 Å². The Morgan fingerprint density at radius 1 is 0.577 bits per heavy atom. The Hall–Kier alpha value is -3.14. The molecule has 0 amide bonds. The largest absolute Gasteiger partial charge is 0.497 e. The normalized spacial score (nSPS) is 10.3. The minimum atomic E-state index is 0.829. The second-order valence-electron chi connectivity index (χ2n) is 5.88. The number of rotatable bonds is 6. The molecule has 134 valence electrons. The van der Waals surface area contributed by atoms with Crippen LogP contribution in [0.1, 0.15) is 5.56 Å². The molecule has 0 heterocycles. The van der Waals surface area contributed by atoms with E-state index in [9.17, 15) is 0 Å². The van der Waals surface area contributed by atoms with E-state index in [4.69, 9.17) is 14.2 Å². The maximum atomic E-state index is 5.35. The molecule has 4 nitrogen and oxygen atoms in total. The van der Waals surface area contributed by atoms with Gasteiger partial charge >= 0.3 is 0 Å². The number of methoxy groups -OCH3 is 3. The Morgan fingerprint density at radius 3 is 1.38 bits per heavy atom. The molecule has 0 aliphatic heterocycles. The van der Waals surface area contributed by atoms with Crippen LogP contribution in [0.3, 0.4) is 0 Å². The molecule has 0 atom stereocenters. The second kappa shape index (κ2) is 7.83. The molecule has 0 N–H and O–H groups in total. The summed E-state index contributed by atoms with van der Waals surface area (Å²) in [7, 11) is 5.02. The number of aryl methyl sites for hydroxylation is 1. The standard InChI is InChI=1S/C22H23NO3/c1-16-15-21(26-4)13-14-22(16)23(17-5-9-19(24-2)10-6-17)18-7-11-20(25-3)12-8-18/h5-15H,1-4H3. The lowest BCUT2D eigenvalue weighted by atomic mass is 10.1. The van der Waals surface area contributed by atoms with Gasteiger partial charge in [0.05, 0.1) is 21.3 Å². The predicted molar refractivity (Wildman–Crippen MR) is 106 cm³/mol. The molecule has 0 fully saturated rings. The first-order valence-corrected chi connectivity index (χ1v) is 8.39. The van der Waals surface area contributed by atoms with Crippen LogP contribution in [0.2, 0.25) is 0 Å². The van der Waals surface area contributed by atoms with E-state index in [1.807, 2.05) is 60.7 Å². The lowest BCUT2D eigenvalue weighted by molar-refractivity contribution is 0.414. The summed E-state index contributed by atoms with van der Waals surface area (Å²) in [5.41, 5.74) is 4.30. The molecule has 3 rings (SSSR count). The van der Waals surface area contributed by atoms with Crippen molar-refractivity contribution in [3.05, 3.63) is 72.3 Å². The Kier molecular flexibility index (Phi) is 5.32. The van der Waals surface area contributed by atoms with Crippen LogP contribution in [-0.4, -0.2) is 21.3 Å². The van der Waals surface area contributed by atoms with Crippen molar-refractivity contribution in [2.45, 2.75) is 6.92 Å². The second-order valence-corrected chi connectivity index (χ2v) is 5.88. The molecule has 0 saturated carbocycles. The van der Waals surface area contributed by atoms with Crippen LogP contribution in [-0.2, 0) is 0 Å². The molecular formula is C22H23NO3. The fourth-order valence-corrected chi connectivity index (χ4v) is 2.90. The van der Waals surface area contributed by atoms with Crippen LogP contribution in [0.25, 0.3) is 0 Å². The lowest BCUT2D eigenvalue weighted by Crippen LogP contribution is -2.11. The average molecular weight is 349 g/mol. The van der Waals surface area contributed by atoms with E-state index in [1.54, 1.807) is 21.3 Å². The Labute approximate surface area is 154 Å². The molecule has 0 unspecified atom stereocenters. The van der Waals surface area contributed by atoms with Gasteiger partial charge in [0.2, 0.25) is 0 Å². The molecule has 0 aliphatic carbocycles.